The number of nitriles is 1. The molecule has 4 heterocycles. The summed E-state index contributed by atoms with van der Waals surface area (Å²) < 4.78 is 44.2. The van der Waals surface area contributed by atoms with E-state index in [0.29, 0.717) is 23.3 Å². The van der Waals surface area contributed by atoms with Crippen molar-refractivity contribution in [1.29, 1.82) is 5.26 Å². The number of allylic oxidation sites excluding steroid dienone is 1. The maximum absolute atomic E-state index is 14.8. The summed E-state index contributed by atoms with van der Waals surface area (Å²) in [5.41, 5.74) is 1.01. The molecule has 2 aromatic rings. The molecule has 150 valence electrons. The lowest BCUT2D eigenvalue weighted by atomic mass is 10.00. The first-order valence-corrected chi connectivity index (χ1v) is 9.04. The van der Waals surface area contributed by atoms with E-state index in [0.717, 1.165) is 6.07 Å². The van der Waals surface area contributed by atoms with Crippen LogP contribution in [0, 0.1) is 17.1 Å². The van der Waals surface area contributed by atoms with Crippen molar-refractivity contribution >= 4 is 11.8 Å². The quantitative estimate of drug-likeness (QED) is 0.742. The standard InChI is InChI=1S/C19H17F3N6O/c1-11-4-6-19(21,22)17-12-10-27(7-5-14(12)26-28(17)9-11)18(29)25-16-3-2-13(20)15(8-23)24-16/h2-3H,1,4-7,9-10H2,(H,24,25,29). The smallest absolute Gasteiger partial charge is 0.320 e. The fraction of sp³-hybridized carbons (Fsp3) is 0.368. The molecule has 0 spiro atoms. The number of aromatic nitrogens is 3. The van der Waals surface area contributed by atoms with E-state index >= 15 is 0 Å². The number of pyridine rings is 1. The Morgan fingerprint density at radius 2 is 2.10 bits per heavy atom. The van der Waals surface area contributed by atoms with Crippen LogP contribution in [0.25, 0.3) is 0 Å². The lowest BCUT2D eigenvalue weighted by molar-refractivity contribution is -0.0194. The molecule has 2 aliphatic heterocycles. The lowest BCUT2D eigenvalue weighted by Crippen LogP contribution is -2.39. The van der Waals surface area contributed by atoms with Crippen LogP contribution in [0.5, 0.6) is 0 Å². The molecule has 0 atom stereocenters. The minimum absolute atomic E-state index is 0.00853. The Morgan fingerprint density at radius 1 is 1.31 bits per heavy atom. The molecule has 0 radical (unpaired) electrons. The van der Waals surface area contributed by atoms with Crippen LogP contribution in [-0.2, 0) is 25.4 Å². The molecule has 2 aliphatic rings. The molecule has 0 saturated heterocycles. The van der Waals surface area contributed by atoms with Gasteiger partial charge in [0.05, 0.1) is 18.8 Å². The normalized spacial score (nSPS) is 17.7. The first-order chi connectivity index (χ1) is 13.8. The molecule has 0 fully saturated rings. The number of nitrogens with zero attached hydrogens (tertiary/aromatic N) is 5. The fourth-order valence-corrected chi connectivity index (χ4v) is 3.65. The van der Waals surface area contributed by atoms with Crippen LogP contribution in [0.4, 0.5) is 23.8 Å². The predicted molar refractivity (Wildman–Crippen MR) is 96.5 cm³/mol. The van der Waals surface area contributed by atoms with Crippen LogP contribution < -0.4 is 5.32 Å². The van der Waals surface area contributed by atoms with Gasteiger partial charge in [-0.1, -0.05) is 12.2 Å². The Balaban J connectivity index is 1.58. The summed E-state index contributed by atoms with van der Waals surface area (Å²) in [4.78, 5) is 17.7. The Hall–Kier alpha value is -3.35. The van der Waals surface area contributed by atoms with Gasteiger partial charge in [-0.05, 0) is 18.6 Å². The summed E-state index contributed by atoms with van der Waals surface area (Å²) in [6.45, 7) is 4.33. The molecule has 0 aromatic carbocycles. The molecule has 29 heavy (non-hydrogen) atoms. The number of halogens is 3. The number of rotatable bonds is 1. The number of hydrogen-bond donors (Lipinski definition) is 1. The van der Waals surface area contributed by atoms with Gasteiger partial charge in [-0.25, -0.2) is 14.2 Å². The van der Waals surface area contributed by atoms with Crippen LogP contribution in [0.2, 0.25) is 0 Å². The minimum Gasteiger partial charge on any atom is -0.320 e. The van der Waals surface area contributed by atoms with Gasteiger partial charge >= 0.3 is 6.03 Å². The van der Waals surface area contributed by atoms with Crippen LogP contribution in [0.15, 0.2) is 24.3 Å². The van der Waals surface area contributed by atoms with E-state index in [9.17, 15) is 18.0 Å². The second-order valence-corrected chi connectivity index (χ2v) is 7.13. The van der Waals surface area contributed by atoms with Crippen molar-refractivity contribution in [2.45, 2.75) is 38.3 Å². The molecular weight excluding hydrogens is 385 g/mol. The molecule has 0 unspecified atom stereocenters. The Labute approximate surface area is 164 Å². The molecule has 10 heteroatoms. The van der Waals surface area contributed by atoms with Crippen LogP contribution >= 0.6 is 0 Å². The molecule has 2 amide bonds. The van der Waals surface area contributed by atoms with Gasteiger partial charge in [0.15, 0.2) is 11.5 Å². The maximum atomic E-state index is 14.8. The third kappa shape index (κ3) is 3.44. The molecule has 0 saturated carbocycles. The third-order valence-electron chi connectivity index (χ3n) is 5.09. The van der Waals surface area contributed by atoms with Crippen LogP contribution in [0.3, 0.4) is 0 Å². The fourth-order valence-electron chi connectivity index (χ4n) is 3.65. The predicted octanol–water partition coefficient (Wildman–Crippen LogP) is 3.32. The van der Waals surface area contributed by atoms with E-state index in [4.69, 9.17) is 5.26 Å². The average molecular weight is 402 g/mol. The van der Waals surface area contributed by atoms with Crippen LogP contribution in [0.1, 0.15) is 35.5 Å². The highest BCUT2D eigenvalue weighted by atomic mass is 19.3. The van der Waals surface area contributed by atoms with Gasteiger partial charge in [0.2, 0.25) is 0 Å². The Morgan fingerprint density at radius 3 is 2.86 bits per heavy atom. The van der Waals surface area contributed by atoms with Gasteiger partial charge in [0, 0.05) is 24.9 Å². The van der Waals surface area contributed by atoms with Crippen LogP contribution in [-0.4, -0.2) is 32.2 Å². The number of nitrogens with one attached hydrogen (secondary N) is 1. The van der Waals surface area contributed by atoms with Gasteiger partial charge in [-0.3, -0.25) is 10.00 Å². The summed E-state index contributed by atoms with van der Waals surface area (Å²) in [7, 11) is 0. The van der Waals surface area contributed by atoms with Gasteiger partial charge < -0.3 is 4.90 Å². The van der Waals surface area contributed by atoms with E-state index in [1.165, 1.54) is 15.6 Å². The van der Waals surface area contributed by atoms with Gasteiger partial charge in [-0.15, -0.1) is 0 Å². The summed E-state index contributed by atoms with van der Waals surface area (Å²) in [6.07, 6.45) is 0.213. The zero-order valence-electron chi connectivity index (χ0n) is 15.4. The molecule has 2 aromatic heterocycles. The topological polar surface area (TPSA) is 86.8 Å². The van der Waals surface area contributed by atoms with E-state index in [1.807, 2.05) is 0 Å². The van der Waals surface area contributed by atoms with E-state index < -0.39 is 23.5 Å². The van der Waals surface area contributed by atoms with Crippen molar-refractivity contribution in [3.63, 3.8) is 0 Å². The molecule has 0 aliphatic carbocycles. The van der Waals surface area contributed by atoms with Crippen molar-refractivity contribution in [3.8, 4) is 6.07 Å². The zero-order chi connectivity index (χ0) is 20.8. The first kappa shape index (κ1) is 19.0. The Kier molecular flexibility index (Phi) is 4.53. The number of fused-ring (bicyclic) bond motifs is 3. The molecule has 1 N–H and O–H groups in total. The third-order valence-corrected chi connectivity index (χ3v) is 5.09. The highest BCUT2D eigenvalue weighted by Crippen LogP contribution is 2.41. The summed E-state index contributed by atoms with van der Waals surface area (Å²) in [5.74, 6) is -3.84. The van der Waals surface area contributed by atoms with E-state index in [2.05, 4.69) is 22.0 Å². The lowest BCUT2D eigenvalue weighted by Gasteiger charge is -2.28. The minimum atomic E-state index is -3.06. The van der Waals surface area contributed by atoms with E-state index in [1.54, 1.807) is 6.07 Å². The number of anilines is 1. The van der Waals surface area contributed by atoms with Crippen molar-refractivity contribution in [2.75, 3.05) is 11.9 Å². The zero-order valence-corrected chi connectivity index (χ0v) is 15.4. The summed E-state index contributed by atoms with van der Waals surface area (Å²) in [5, 5.41) is 15.7. The van der Waals surface area contributed by atoms with Gasteiger partial charge in [-0.2, -0.15) is 19.1 Å². The monoisotopic (exact) mass is 402 g/mol. The van der Waals surface area contributed by atoms with Crippen molar-refractivity contribution in [1.82, 2.24) is 19.7 Å². The Bertz CT molecular complexity index is 1050. The van der Waals surface area contributed by atoms with Crippen molar-refractivity contribution in [3.05, 3.63) is 52.7 Å². The highest BCUT2D eigenvalue weighted by Gasteiger charge is 2.42. The molecule has 0 bridgehead atoms. The maximum Gasteiger partial charge on any atom is 0.323 e. The van der Waals surface area contributed by atoms with Crippen molar-refractivity contribution < 1.29 is 18.0 Å². The summed E-state index contributed by atoms with van der Waals surface area (Å²) in [6, 6.07) is 3.29. The highest BCUT2D eigenvalue weighted by molar-refractivity contribution is 5.88. The number of amides is 2. The average Bonchev–Trinajstić information content (AvgIpc) is 3.00. The number of carbonyl (C=O) groups excluding carboxylic acids is 1. The second-order valence-electron chi connectivity index (χ2n) is 7.13. The van der Waals surface area contributed by atoms with Crippen molar-refractivity contribution in [2.24, 2.45) is 0 Å². The number of urea groups is 1. The largest absolute Gasteiger partial charge is 0.323 e. The number of carbonyl (C=O) groups is 1. The number of alkyl halides is 2. The summed E-state index contributed by atoms with van der Waals surface area (Å²) >= 11 is 0. The first-order valence-electron chi connectivity index (χ1n) is 9.04. The van der Waals surface area contributed by atoms with Gasteiger partial charge in [0.1, 0.15) is 17.6 Å². The van der Waals surface area contributed by atoms with E-state index in [-0.39, 0.29) is 44.0 Å². The molecular formula is C19H17F3N6O. The van der Waals surface area contributed by atoms with Gasteiger partial charge in [0.25, 0.3) is 5.92 Å². The second kappa shape index (κ2) is 6.92. The number of hydrogen-bond acceptors (Lipinski definition) is 4. The molecule has 7 nitrogen and oxygen atoms in total. The SMILES string of the molecule is C=C1CCC(F)(F)c2c3c(nn2C1)CCN(C(=O)Nc1ccc(F)c(C#N)n1)C3. The molecule has 4 rings (SSSR count).